The monoisotopic (exact) mass is 288 g/mol. The molecule has 0 spiro atoms. The van der Waals surface area contributed by atoms with Gasteiger partial charge in [-0.25, -0.2) is 0 Å². The van der Waals surface area contributed by atoms with Gasteiger partial charge in [-0.1, -0.05) is 18.2 Å². The van der Waals surface area contributed by atoms with Crippen LogP contribution in [0.3, 0.4) is 0 Å². The fourth-order valence-corrected chi connectivity index (χ4v) is 2.07. The summed E-state index contributed by atoms with van der Waals surface area (Å²) in [5.41, 5.74) is 0.922. The van der Waals surface area contributed by atoms with Gasteiger partial charge >= 0.3 is 0 Å². The van der Waals surface area contributed by atoms with E-state index < -0.39 is 0 Å². The van der Waals surface area contributed by atoms with Crippen molar-refractivity contribution in [2.45, 2.75) is 26.4 Å². The molecule has 0 atom stereocenters. The predicted molar refractivity (Wildman–Crippen MR) is 85.8 cm³/mol. The molecule has 1 N–H and O–H groups in total. The third kappa shape index (κ3) is 5.33. The van der Waals surface area contributed by atoms with Crippen LogP contribution in [-0.4, -0.2) is 37.4 Å². The highest BCUT2D eigenvalue weighted by Gasteiger charge is 2.02. The second-order valence-corrected chi connectivity index (χ2v) is 5.20. The number of benzene rings is 1. The van der Waals surface area contributed by atoms with Gasteiger partial charge in [0.15, 0.2) is 0 Å². The minimum atomic E-state index is 0.312. The van der Waals surface area contributed by atoms with Gasteiger partial charge in [0.2, 0.25) is 0 Å². The first-order chi connectivity index (χ1) is 10.3. The van der Waals surface area contributed by atoms with Crippen molar-refractivity contribution in [1.29, 1.82) is 0 Å². The number of hydrogen-bond donors (Lipinski definition) is 1. The van der Waals surface area contributed by atoms with Crippen LogP contribution in [0.2, 0.25) is 0 Å². The van der Waals surface area contributed by atoms with Crippen LogP contribution in [0.1, 0.15) is 20.3 Å². The van der Waals surface area contributed by atoms with Crippen LogP contribution >= 0.6 is 0 Å². The van der Waals surface area contributed by atoms with E-state index >= 15 is 0 Å². The quantitative estimate of drug-likeness (QED) is 0.720. The molecule has 0 radical (unpaired) electrons. The lowest BCUT2D eigenvalue weighted by Gasteiger charge is -2.10. The van der Waals surface area contributed by atoms with Crippen LogP contribution in [0.15, 0.2) is 36.5 Å². The van der Waals surface area contributed by atoms with Crippen molar-refractivity contribution in [2.24, 2.45) is 0 Å². The van der Waals surface area contributed by atoms with E-state index in [2.05, 4.69) is 24.1 Å². The number of nitrogens with one attached hydrogen (secondary N) is 1. The summed E-state index contributed by atoms with van der Waals surface area (Å²) in [6, 6.07) is 9.99. The highest BCUT2D eigenvalue weighted by molar-refractivity contribution is 5.84. The van der Waals surface area contributed by atoms with Gasteiger partial charge in [0.25, 0.3) is 0 Å². The Kier molecular flexibility index (Phi) is 6.44. The number of rotatable bonds is 9. The van der Waals surface area contributed by atoms with Crippen molar-refractivity contribution in [3.63, 3.8) is 0 Å². The zero-order chi connectivity index (χ0) is 14.9. The molecule has 0 aliphatic carbocycles. The van der Waals surface area contributed by atoms with E-state index in [9.17, 15) is 0 Å². The molecule has 0 saturated heterocycles. The lowest BCUT2D eigenvalue weighted by molar-refractivity contribution is 0.0770. The maximum absolute atomic E-state index is 5.81. The molecule has 1 aromatic heterocycles. The molecular weight excluding hydrogens is 264 g/mol. The van der Waals surface area contributed by atoms with E-state index in [1.54, 1.807) is 6.20 Å². The molecule has 0 bridgehead atoms. The van der Waals surface area contributed by atoms with Crippen molar-refractivity contribution in [3.05, 3.63) is 36.5 Å². The van der Waals surface area contributed by atoms with Gasteiger partial charge in [-0.3, -0.25) is 4.98 Å². The molecule has 2 rings (SSSR count). The Morgan fingerprint density at radius 3 is 2.81 bits per heavy atom. The number of fused-ring (bicyclic) bond motifs is 1. The molecule has 2 aromatic rings. The Labute approximate surface area is 126 Å². The van der Waals surface area contributed by atoms with Gasteiger partial charge in [0.1, 0.15) is 17.9 Å². The first kappa shape index (κ1) is 15.7. The average Bonchev–Trinajstić information content (AvgIpc) is 2.50. The van der Waals surface area contributed by atoms with Gasteiger partial charge < -0.3 is 14.8 Å². The second-order valence-electron chi connectivity index (χ2n) is 5.20. The topological polar surface area (TPSA) is 43.4 Å². The second kappa shape index (κ2) is 8.60. The fraction of sp³-hybridized carbons (Fsp3) is 0.471. The Balaban J connectivity index is 1.66. The number of para-hydroxylation sites is 1. The zero-order valence-electron chi connectivity index (χ0n) is 12.8. The Morgan fingerprint density at radius 1 is 1.10 bits per heavy atom. The van der Waals surface area contributed by atoms with Gasteiger partial charge in [-0.2, -0.15) is 0 Å². The molecule has 4 nitrogen and oxygen atoms in total. The maximum atomic E-state index is 5.81. The molecule has 0 unspecified atom stereocenters. The van der Waals surface area contributed by atoms with Crippen LogP contribution < -0.4 is 10.1 Å². The van der Waals surface area contributed by atoms with E-state index in [4.69, 9.17) is 9.47 Å². The van der Waals surface area contributed by atoms with E-state index in [1.807, 2.05) is 30.3 Å². The number of nitrogens with zero attached hydrogens (tertiary/aromatic N) is 1. The third-order valence-electron chi connectivity index (χ3n) is 3.08. The predicted octanol–water partition coefficient (Wildman–Crippen LogP) is 3.02. The van der Waals surface area contributed by atoms with Crippen LogP contribution in [0, 0.1) is 0 Å². The molecule has 0 saturated carbocycles. The van der Waals surface area contributed by atoms with Crippen molar-refractivity contribution < 1.29 is 9.47 Å². The Bertz CT molecular complexity index is 538. The molecule has 1 aromatic carbocycles. The lowest BCUT2D eigenvalue weighted by Crippen LogP contribution is -2.23. The molecule has 1 heterocycles. The van der Waals surface area contributed by atoms with Gasteiger partial charge in [-0.15, -0.1) is 0 Å². The molecule has 4 heteroatoms. The Hall–Kier alpha value is -1.65. The van der Waals surface area contributed by atoms with Crippen molar-refractivity contribution in [1.82, 2.24) is 10.3 Å². The van der Waals surface area contributed by atoms with Crippen molar-refractivity contribution in [2.75, 3.05) is 26.3 Å². The normalized spacial score (nSPS) is 11.2. The average molecular weight is 288 g/mol. The third-order valence-corrected chi connectivity index (χ3v) is 3.08. The molecule has 0 aliphatic heterocycles. The summed E-state index contributed by atoms with van der Waals surface area (Å²) in [5.74, 6) is 0.845. The molecule has 21 heavy (non-hydrogen) atoms. The molecule has 0 fully saturated rings. The fourth-order valence-electron chi connectivity index (χ4n) is 2.07. The number of pyridine rings is 1. The summed E-state index contributed by atoms with van der Waals surface area (Å²) in [6.45, 7) is 7.33. The lowest BCUT2D eigenvalue weighted by atomic mass is 10.2. The van der Waals surface area contributed by atoms with Crippen LogP contribution in [0.25, 0.3) is 10.9 Å². The largest absolute Gasteiger partial charge is 0.490 e. The first-order valence-electron chi connectivity index (χ1n) is 7.56. The van der Waals surface area contributed by atoms with E-state index in [1.165, 1.54) is 0 Å². The standard InChI is InChI=1S/C17H24N2O2/c1-14(2)20-12-5-9-18-11-13-21-16-8-3-6-15-7-4-10-19-17(15)16/h3-4,6-8,10,14,18H,5,9,11-13H2,1-2H3. The molecule has 0 amide bonds. The summed E-state index contributed by atoms with van der Waals surface area (Å²) in [6.07, 6.45) is 3.13. The van der Waals surface area contributed by atoms with Crippen LogP contribution in [0.5, 0.6) is 5.75 Å². The molecule has 114 valence electrons. The highest BCUT2D eigenvalue weighted by atomic mass is 16.5. The summed E-state index contributed by atoms with van der Waals surface area (Å²) in [7, 11) is 0. The van der Waals surface area contributed by atoms with E-state index in [-0.39, 0.29) is 0 Å². The number of hydrogen-bond acceptors (Lipinski definition) is 4. The molecule has 0 aliphatic rings. The van der Waals surface area contributed by atoms with Crippen molar-refractivity contribution in [3.8, 4) is 5.75 Å². The van der Waals surface area contributed by atoms with E-state index in [0.29, 0.717) is 12.7 Å². The molecular formula is C17H24N2O2. The van der Waals surface area contributed by atoms with Gasteiger partial charge in [0, 0.05) is 24.7 Å². The van der Waals surface area contributed by atoms with Gasteiger partial charge in [0.05, 0.1) is 6.10 Å². The minimum absolute atomic E-state index is 0.312. The number of aromatic nitrogens is 1. The summed E-state index contributed by atoms with van der Waals surface area (Å²) < 4.78 is 11.3. The Morgan fingerprint density at radius 2 is 1.95 bits per heavy atom. The van der Waals surface area contributed by atoms with Crippen LogP contribution in [-0.2, 0) is 4.74 Å². The minimum Gasteiger partial charge on any atom is -0.490 e. The number of ether oxygens (including phenoxy) is 2. The highest BCUT2D eigenvalue weighted by Crippen LogP contribution is 2.22. The van der Waals surface area contributed by atoms with E-state index in [0.717, 1.165) is 42.8 Å². The smallest absolute Gasteiger partial charge is 0.145 e. The van der Waals surface area contributed by atoms with Crippen molar-refractivity contribution >= 4 is 10.9 Å². The zero-order valence-corrected chi connectivity index (χ0v) is 12.8. The van der Waals surface area contributed by atoms with Crippen LogP contribution in [0.4, 0.5) is 0 Å². The summed E-state index contributed by atoms with van der Waals surface area (Å²) in [5, 5.41) is 4.46. The first-order valence-corrected chi connectivity index (χ1v) is 7.56. The SMILES string of the molecule is CC(C)OCCCNCCOc1cccc2cccnc12. The van der Waals surface area contributed by atoms with Gasteiger partial charge in [-0.05, 0) is 38.9 Å². The summed E-state index contributed by atoms with van der Waals surface area (Å²) >= 11 is 0. The maximum Gasteiger partial charge on any atom is 0.145 e. The summed E-state index contributed by atoms with van der Waals surface area (Å²) in [4.78, 5) is 4.38.